The smallest absolute Gasteiger partial charge is 0.348 e. The molecule has 0 spiro atoms. The Kier molecular flexibility index (Phi) is 4.96. The highest BCUT2D eigenvalue weighted by Gasteiger charge is 2.22. The van der Waals surface area contributed by atoms with Crippen molar-refractivity contribution in [3.8, 4) is 6.07 Å². The first-order chi connectivity index (χ1) is 10.5. The van der Waals surface area contributed by atoms with Crippen LogP contribution in [0.25, 0.3) is 0 Å². The van der Waals surface area contributed by atoms with Crippen molar-refractivity contribution in [2.75, 3.05) is 12.4 Å². The summed E-state index contributed by atoms with van der Waals surface area (Å²) in [5.41, 5.74) is 1.24. The van der Waals surface area contributed by atoms with Crippen LogP contribution in [0.5, 0.6) is 0 Å². The number of hydrogen-bond acceptors (Lipinski definition) is 5. The summed E-state index contributed by atoms with van der Waals surface area (Å²) < 4.78 is 5.54. The molecule has 1 aromatic heterocycles. The van der Waals surface area contributed by atoms with E-state index in [1.807, 2.05) is 6.07 Å². The second-order valence-corrected chi connectivity index (χ2v) is 6.26. The molecule has 0 aliphatic heterocycles. The molecular weight excluding hydrogens is 368 g/mol. The predicted octanol–water partition coefficient (Wildman–Crippen LogP) is 3.73. The first-order valence-electron chi connectivity index (χ1n) is 6.16. The topological polar surface area (TPSA) is 79.2 Å². The summed E-state index contributed by atoms with van der Waals surface area (Å²) in [7, 11) is 1.27. The summed E-state index contributed by atoms with van der Waals surface area (Å²) in [5, 5.41) is 12.2. The maximum Gasteiger partial charge on any atom is 0.348 e. The number of hydrogen-bond donors (Lipinski definition) is 1. The van der Waals surface area contributed by atoms with Crippen LogP contribution in [-0.2, 0) is 4.74 Å². The van der Waals surface area contributed by atoms with Crippen LogP contribution in [0.1, 0.15) is 31.2 Å². The molecule has 0 atom stereocenters. The van der Waals surface area contributed by atoms with E-state index < -0.39 is 5.97 Å². The van der Waals surface area contributed by atoms with Crippen molar-refractivity contribution in [2.24, 2.45) is 0 Å². The van der Waals surface area contributed by atoms with Crippen LogP contribution in [0.2, 0.25) is 0 Å². The SMILES string of the molecule is COC(=O)c1sc(NC(=O)c2ccc(Br)cc2)c(C#N)c1C. The fraction of sp³-hybridized carbons (Fsp3) is 0.133. The van der Waals surface area contributed by atoms with Crippen molar-refractivity contribution in [1.82, 2.24) is 0 Å². The Bertz CT molecular complexity index is 775. The average Bonchev–Trinajstić information content (AvgIpc) is 2.82. The fourth-order valence-corrected chi connectivity index (χ4v) is 3.13. The van der Waals surface area contributed by atoms with Gasteiger partial charge in [0.1, 0.15) is 15.9 Å². The molecule has 5 nitrogen and oxygen atoms in total. The van der Waals surface area contributed by atoms with Gasteiger partial charge < -0.3 is 10.1 Å². The molecule has 22 heavy (non-hydrogen) atoms. The summed E-state index contributed by atoms with van der Waals surface area (Å²) in [6.07, 6.45) is 0. The Balaban J connectivity index is 2.33. The van der Waals surface area contributed by atoms with Gasteiger partial charge in [0.05, 0.1) is 12.7 Å². The maximum atomic E-state index is 12.2. The van der Waals surface area contributed by atoms with Gasteiger partial charge in [-0.15, -0.1) is 11.3 Å². The molecular formula is C15H11BrN2O3S. The zero-order chi connectivity index (χ0) is 16.3. The zero-order valence-corrected chi connectivity index (χ0v) is 14.2. The van der Waals surface area contributed by atoms with Gasteiger partial charge in [0.15, 0.2) is 0 Å². The zero-order valence-electron chi connectivity index (χ0n) is 11.8. The summed E-state index contributed by atoms with van der Waals surface area (Å²) in [6.45, 7) is 1.65. The normalized spacial score (nSPS) is 9.91. The molecule has 2 rings (SSSR count). The minimum Gasteiger partial charge on any atom is -0.465 e. The molecule has 0 saturated heterocycles. The third kappa shape index (κ3) is 3.18. The highest BCUT2D eigenvalue weighted by atomic mass is 79.9. The summed E-state index contributed by atoms with van der Waals surface area (Å²) >= 11 is 4.33. The molecule has 1 amide bonds. The minimum absolute atomic E-state index is 0.274. The lowest BCUT2D eigenvalue weighted by Crippen LogP contribution is -2.11. The van der Waals surface area contributed by atoms with Gasteiger partial charge in [-0.25, -0.2) is 4.79 Å². The molecule has 0 aliphatic rings. The lowest BCUT2D eigenvalue weighted by atomic mass is 10.1. The number of nitriles is 1. The summed E-state index contributed by atoms with van der Waals surface area (Å²) in [6, 6.07) is 8.83. The Morgan fingerprint density at radius 2 is 1.95 bits per heavy atom. The van der Waals surface area contributed by atoms with E-state index in [1.54, 1.807) is 31.2 Å². The second kappa shape index (κ2) is 6.73. The van der Waals surface area contributed by atoms with Crippen molar-refractivity contribution >= 4 is 44.1 Å². The Labute approximate surface area is 139 Å². The molecule has 0 fully saturated rings. The standard InChI is InChI=1S/C15H11BrN2O3S/c1-8-11(7-17)14(22-12(8)15(20)21-2)18-13(19)9-3-5-10(16)6-4-9/h3-6H,1-2H3,(H,18,19). The molecule has 1 heterocycles. The third-order valence-corrected chi connectivity index (χ3v) is 4.68. The minimum atomic E-state index is -0.525. The molecule has 1 N–H and O–H groups in total. The number of rotatable bonds is 3. The van der Waals surface area contributed by atoms with Crippen LogP contribution in [-0.4, -0.2) is 19.0 Å². The second-order valence-electron chi connectivity index (χ2n) is 4.32. The fourth-order valence-electron chi connectivity index (χ4n) is 1.80. The number of esters is 1. The number of amides is 1. The van der Waals surface area contributed by atoms with E-state index in [1.165, 1.54) is 7.11 Å². The van der Waals surface area contributed by atoms with Crippen LogP contribution in [0.3, 0.4) is 0 Å². The van der Waals surface area contributed by atoms with E-state index in [0.717, 1.165) is 15.8 Å². The third-order valence-electron chi connectivity index (χ3n) is 2.96. The number of nitrogens with one attached hydrogen (secondary N) is 1. The van der Waals surface area contributed by atoms with Crippen molar-refractivity contribution in [3.05, 3.63) is 50.3 Å². The largest absolute Gasteiger partial charge is 0.465 e. The quantitative estimate of drug-likeness (QED) is 0.825. The summed E-state index contributed by atoms with van der Waals surface area (Å²) in [5.74, 6) is -0.871. The molecule has 0 bridgehead atoms. The number of thiophene rings is 1. The monoisotopic (exact) mass is 378 g/mol. The lowest BCUT2D eigenvalue weighted by Gasteiger charge is -2.03. The van der Waals surface area contributed by atoms with Gasteiger partial charge in [-0.05, 0) is 36.8 Å². The van der Waals surface area contributed by atoms with Crippen molar-refractivity contribution < 1.29 is 14.3 Å². The number of halogens is 1. The molecule has 0 saturated carbocycles. The van der Waals surface area contributed by atoms with Gasteiger partial charge in [-0.2, -0.15) is 5.26 Å². The van der Waals surface area contributed by atoms with E-state index in [2.05, 4.69) is 26.0 Å². The molecule has 7 heteroatoms. The van der Waals surface area contributed by atoms with Gasteiger partial charge in [-0.3, -0.25) is 4.79 Å². The first-order valence-corrected chi connectivity index (χ1v) is 7.77. The molecule has 2 aromatic rings. The van der Waals surface area contributed by atoms with Gasteiger partial charge in [0.25, 0.3) is 5.91 Å². The highest BCUT2D eigenvalue weighted by molar-refractivity contribution is 9.10. The Morgan fingerprint density at radius 1 is 1.32 bits per heavy atom. The molecule has 0 radical (unpaired) electrons. The van der Waals surface area contributed by atoms with Gasteiger partial charge >= 0.3 is 5.97 Å². The number of anilines is 1. The molecule has 112 valence electrons. The van der Waals surface area contributed by atoms with Gasteiger partial charge in [0, 0.05) is 10.0 Å². The van der Waals surface area contributed by atoms with Crippen LogP contribution in [0.15, 0.2) is 28.7 Å². The van der Waals surface area contributed by atoms with Crippen molar-refractivity contribution in [2.45, 2.75) is 6.92 Å². The van der Waals surface area contributed by atoms with Gasteiger partial charge in [-0.1, -0.05) is 15.9 Å². The number of ether oxygens (including phenoxy) is 1. The van der Waals surface area contributed by atoms with E-state index >= 15 is 0 Å². The number of methoxy groups -OCH3 is 1. The van der Waals surface area contributed by atoms with Gasteiger partial charge in [0.2, 0.25) is 0 Å². The lowest BCUT2D eigenvalue weighted by molar-refractivity contribution is 0.0605. The van der Waals surface area contributed by atoms with Crippen LogP contribution >= 0.6 is 27.3 Å². The van der Waals surface area contributed by atoms with Crippen LogP contribution < -0.4 is 5.32 Å². The molecule has 0 aliphatic carbocycles. The van der Waals surface area contributed by atoms with E-state index in [-0.39, 0.29) is 11.5 Å². The maximum absolute atomic E-state index is 12.2. The molecule has 1 aromatic carbocycles. The highest BCUT2D eigenvalue weighted by Crippen LogP contribution is 2.33. The molecule has 0 unspecified atom stereocenters. The Morgan fingerprint density at radius 3 is 2.50 bits per heavy atom. The van der Waals surface area contributed by atoms with Crippen molar-refractivity contribution in [3.63, 3.8) is 0 Å². The van der Waals surface area contributed by atoms with Crippen LogP contribution in [0, 0.1) is 18.3 Å². The number of carbonyl (C=O) groups is 2. The van der Waals surface area contributed by atoms with E-state index in [9.17, 15) is 14.9 Å². The predicted molar refractivity (Wildman–Crippen MR) is 87.2 cm³/mol. The van der Waals surface area contributed by atoms with E-state index in [4.69, 9.17) is 0 Å². The Hall–Kier alpha value is -2.17. The van der Waals surface area contributed by atoms with E-state index in [0.29, 0.717) is 21.0 Å². The van der Waals surface area contributed by atoms with Crippen LogP contribution in [0.4, 0.5) is 5.00 Å². The number of benzene rings is 1. The van der Waals surface area contributed by atoms with Crippen molar-refractivity contribution in [1.29, 1.82) is 5.26 Å². The first kappa shape index (κ1) is 16.2. The average molecular weight is 379 g/mol. The number of nitrogens with zero attached hydrogens (tertiary/aromatic N) is 1. The summed E-state index contributed by atoms with van der Waals surface area (Å²) in [4.78, 5) is 24.2. The number of carbonyl (C=O) groups excluding carboxylic acids is 2.